The van der Waals surface area contributed by atoms with Gasteiger partial charge in [0.1, 0.15) is 0 Å². The molecular formula is C15H13N3O3. The molecule has 0 unspecified atom stereocenters. The van der Waals surface area contributed by atoms with Crippen molar-refractivity contribution in [1.82, 2.24) is 15.1 Å². The Balaban J connectivity index is 2.25. The first kappa shape index (κ1) is 13.2. The Morgan fingerprint density at radius 1 is 1.33 bits per heavy atom. The van der Waals surface area contributed by atoms with Crippen LogP contribution in [0.15, 0.2) is 35.1 Å². The standard InChI is InChI=1S/C15H13N3O3/c1-2-3-11-13-10(15(19)20)8-12(17-14(13)21-18-11)9-4-6-16-7-5-9/h4-8H,2-3H2,1H3,(H,19,20). The fraction of sp³-hybridized carbons (Fsp3) is 0.200. The molecule has 0 atom stereocenters. The van der Waals surface area contributed by atoms with Crippen LogP contribution in [0, 0.1) is 0 Å². The maximum Gasteiger partial charge on any atom is 0.336 e. The van der Waals surface area contributed by atoms with Crippen LogP contribution in [0.25, 0.3) is 22.4 Å². The number of carbonyl (C=O) groups is 1. The maximum atomic E-state index is 11.5. The van der Waals surface area contributed by atoms with E-state index in [-0.39, 0.29) is 11.3 Å². The van der Waals surface area contributed by atoms with Crippen molar-refractivity contribution in [2.45, 2.75) is 19.8 Å². The lowest BCUT2D eigenvalue weighted by molar-refractivity contribution is 0.0699. The summed E-state index contributed by atoms with van der Waals surface area (Å²) < 4.78 is 5.21. The molecule has 0 aliphatic rings. The molecule has 0 amide bonds. The third kappa shape index (κ3) is 2.35. The Kier molecular flexibility index (Phi) is 3.35. The predicted molar refractivity (Wildman–Crippen MR) is 76.0 cm³/mol. The number of pyridine rings is 2. The molecule has 6 heteroatoms. The van der Waals surface area contributed by atoms with Gasteiger partial charge in [-0.1, -0.05) is 18.5 Å². The van der Waals surface area contributed by atoms with Gasteiger partial charge in [-0.15, -0.1) is 0 Å². The number of aromatic nitrogens is 3. The Morgan fingerprint density at radius 2 is 2.10 bits per heavy atom. The van der Waals surface area contributed by atoms with Gasteiger partial charge in [-0.3, -0.25) is 4.98 Å². The summed E-state index contributed by atoms with van der Waals surface area (Å²) in [7, 11) is 0. The van der Waals surface area contributed by atoms with E-state index in [9.17, 15) is 9.90 Å². The van der Waals surface area contributed by atoms with Crippen molar-refractivity contribution in [3.63, 3.8) is 0 Å². The van der Waals surface area contributed by atoms with Crippen molar-refractivity contribution in [2.75, 3.05) is 0 Å². The molecule has 3 aromatic rings. The summed E-state index contributed by atoms with van der Waals surface area (Å²) in [6.07, 6.45) is 4.77. The zero-order valence-corrected chi connectivity index (χ0v) is 11.4. The average Bonchev–Trinajstić information content (AvgIpc) is 2.91. The van der Waals surface area contributed by atoms with Crippen LogP contribution in [-0.2, 0) is 6.42 Å². The molecule has 6 nitrogen and oxygen atoms in total. The second-order valence-corrected chi connectivity index (χ2v) is 4.66. The van der Waals surface area contributed by atoms with E-state index in [2.05, 4.69) is 15.1 Å². The van der Waals surface area contributed by atoms with Gasteiger partial charge < -0.3 is 9.63 Å². The van der Waals surface area contributed by atoms with E-state index in [0.29, 0.717) is 23.2 Å². The van der Waals surface area contributed by atoms with Gasteiger partial charge in [-0.2, -0.15) is 0 Å². The SMILES string of the molecule is CCCc1noc2nc(-c3ccncc3)cc(C(=O)O)c12. The van der Waals surface area contributed by atoms with Crippen molar-refractivity contribution < 1.29 is 14.4 Å². The summed E-state index contributed by atoms with van der Waals surface area (Å²) in [5.74, 6) is -1.02. The second kappa shape index (κ2) is 5.32. The fourth-order valence-corrected chi connectivity index (χ4v) is 2.26. The van der Waals surface area contributed by atoms with Gasteiger partial charge >= 0.3 is 5.97 Å². The first-order valence-corrected chi connectivity index (χ1v) is 6.63. The largest absolute Gasteiger partial charge is 0.478 e. The summed E-state index contributed by atoms with van der Waals surface area (Å²) in [5.41, 5.74) is 2.37. The van der Waals surface area contributed by atoms with Gasteiger partial charge in [0.05, 0.1) is 22.3 Å². The molecule has 0 fully saturated rings. The lowest BCUT2D eigenvalue weighted by Gasteiger charge is -2.03. The first-order chi connectivity index (χ1) is 10.2. The van der Waals surface area contributed by atoms with E-state index in [1.54, 1.807) is 30.6 Å². The highest BCUT2D eigenvalue weighted by Crippen LogP contribution is 2.27. The number of hydrogen-bond acceptors (Lipinski definition) is 5. The Labute approximate surface area is 120 Å². The first-order valence-electron chi connectivity index (χ1n) is 6.63. The van der Waals surface area contributed by atoms with Crippen LogP contribution in [0.3, 0.4) is 0 Å². The van der Waals surface area contributed by atoms with Gasteiger partial charge in [0, 0.05) is 18.0 Å². The summed E-state index contributed by atoms with van der Waals surface area (Å²) in [6.45, 7) is 2.00. The van der Waals surface area contributed by atoms with E-state index >= 15 is 0 Å². The molecule has 3 aromatic heterocycles. The zero-order chi connectivity index (χ0) is 14.8. The molecule has 3 rings (SSSR count). The maximum absolute atomic E-state index is 11.5. The Morgan fingerprint density at radius 3 is 2.76 bits per heavy atom. The van der Waals surface area contributed by atoms with Crippen LogP contribution in [0.2, 0.25) is 0 Å². The third-order valence-corrected chi connectivity index (χ3v) is 3.21. The number of aromatic carboxylic acids is 1. The number of carboxylic acids is 1. The van der Waals surface area contributed by atoms with E-state index < -0.39 is 5.97 Å². The predicted octanol–water partition coefficient (Wildman–Crippen LogP) is 2.94. The van der Waals surface area contributed by atoms with Crippen LogP contribution in [0.1, 0.15) is 29.4 Å². The third-order valence-electron chi connectivity index (χ3n) is 3.21. The van der Waals surface area contributed by atoms with Gasteiger partial charge in [-0.05, 0) is 24.6 Å². The number of rotatable bonds is 4. The van der Waals surface area contributed by atoms with Crippen molar-refractivity contribution in [3.8, 4) is 11.3 Å². The molecule has 0 spiro atoms. The summed E-state index contributed by atoms with van der Waals surface area (Å²) in [6, 6.07) is 5.09. The minimum Gasteiger partial charge on any atom is -0.478 e. The van der Waals surface area contributed by atoms with Gasteiger partial charge in [0.25, 0.3) is 5.71 Å². The van der Waals surface area contributed by atoms with E-state index in [1.807, 2.05) is 6.92 Å². The number of nitrogens with zero attached hydrogens (tertiary/aromatic N) is 3. The number of carboxylic acid groups (broad SMARTS) is 1. The monoisotopic (exact) mass is 283 g/mol. The molecule has 0 saturated heterocycles. The summed E-state index contributed by atoms with van der Waals surface area (Å²) in [4.78, 5) is 19.9. The van der Waals surface area contributed by atoms with Crippen LogP contribution in [0.5, 0.6) is 0 Å². The minimum absolute atomic E-state index is 0.163. The number of fused-ring (bicyclic) bond motifs is 1. The molecule has 0 aromatic carbocycles. The molecule has 0 aliphatic carbocycles. The summed E-state index contributed by atoms with van der Waals surface area (Å²) in [5, 5.41) is 13.9. The number of aryl methyl sites for hydroxylation is 1. The molecule has 0 bridgehead atoms. The smallest absolute Gasteiger partial charge is 0.336 e. The van der Waals surface area contributed by atoms with Crippen LogP contribution in [-0.4, -0.2) is 26.2 Å². The Hall–Kier alpha value is -2.76. The van der Waals surface area contributed by atoms with Crippen LogP contribution in [0.4, 0.5) is 0 Å². The normalized spacial score (nSPS) is 10.9. The van der Waals surface area contributed by atoms with Gasteiger partial charge in [-0.25, -0.2) is 9.78 Å². The molecule has 106 valence electrons. The van der Waals surface area contributed by atoms with Crippen molar-refractivity contribution in [1.29, 1.82) is 0 Å². The van der Waals surface area contributed by atoms with E-state index in [1.165, 1.54) is 0 Å². The highest BCUT2D eigenvalue weighted by Gasteiger charge is 2.20. The van der Waals surface area contributed by atoms with E-state index in [0.717, 1.165) is 12.0 Å². The van der Waals surface area contributed by atoms with Crippen molar-refractivity contribution >= 4 is 17.1 Å². The average molecular weight is 283 g/mol. The number of hydrogen-bond donors (Lipinski definition) is 1. The quantitative estimate of drug-likeness (QED) is 0.791. The highest BCUT2D eigenvalue weighted by molar-refractivity contribution is 6.03. The van der Waals surface area contributed by atoms with Crippen LogP contribution >= 0.6 is 0 Å². The molecule has 3 heterocycles. The highest BCUT2D eigenvalue weighted by atomic mass is 16.5. The molecule has 0 aliphatic heterocycles. The molecule has 0 radical (unpaired) electrons. The molecule has 21 heavy (non-hydrogen) atoms. The molecule has 1 N–H and O–H groups in total. The zero-order valence-electron chi connectivity index (χ0n) is 11.4. The van der Waals surface area contributed by atoms with Gasteiger partial charge in [0.2, 0.25) is 0 Å². The van der Waals surface area contributed by atoms with Crippen LogP contribution < -0.4 is 0 Å². The lowest BCUT2D eigenvalue weighted by Crippen LogP contribution is -2.01. The fourth-order valence-electron chi connectivity index (χ4n) is 2.26. The summed E-state index contributed by atoms with van der Waals surface area (Å²) >= 11 is 0. The Bertz CT molecular complexity index is 797. The van der Waals surface area contributed by atoms with E-state index in [4.69, 9.17) is 4.52 Å². The molecule has 0 saturated carbocycles. The second-order valence-electron chi connectivity index (χ2n) is 4.66. The van der Waals surface area contributed by atoms with Crippen molar-refractivity contribution in [3.05, 3.63) is 41.9 Å². The van der Waals surface area contributed by atoms with Crippen molar-refractivity contribution in [2.24, 2.45) is 0 Å². The van der Waals surface area contributed by atoms with Gasteiger partial charge in [0.15, 0.2) is 0 Å². The lowest BCUT2D eigenvalue weighted by atomic mass is 10.0. The minimum atomic E-state index is -1.02. The topological polar surface area (TPSA) is 89.1 Å². The molecular weight excluding hydrogens is 270 g/mol.